The van der Waals surface area contributed by atoms with E-state index in [0.717, 1.165) is 18.4 Å². The van der Waals surface area contributed by atoms with E-state index in [4.69, 9.17) is 0 Å². The first kappa shape index (κ1) is 13.8. The predicted molar refractivity (Wildman–Crippen MR) is 75.1 cm³/mol. The molecule has 1 aromatic carbocycles. The number of likely N-dealkylation sites (tertiary alicyclic amines) is 1. The molecule has 2 heterocycles. The standard InChI is InChI=1S/C15H16FN3O2/c16-11-5-3-10(4-6-11)13-8-14(18-17-13)15(21)19-7-1-2-12(19)9-20/h3-6,8,12,20H,1-2,7,9H2,(H,17,18)/t12-/m1/s1. The van der Waals surface area contributed by atoms with Gasteiger partial charge in [0.05, 0.1) is 18.3 Å². The number of hydrogen-bond acceptors (Lipinski definition) is 3. The molecule has 1 fully saturated rings. The van der Waals surface area contributed by atoms with E-state index >= 15 is 0 Å². The van der Waals surface area contributed by atoms with Crippen LogP contribution in [0.25, 0.3) is 11.3 Å². The number of hydrogen-bond donors (Lipinski definition) is 2. The van der Waals surface area contributed by atoms with Gasteiger partial charge in [0, 0.05) is 12.1 Å². The summed E-state index contributed by atoms with van der Waals surface area (Å²) in [5.41, 5.74) is 1.72. The van der Waals surface area contributed by atoms with Gasteiger partial charge in [-0.15, -0.1) is 0 Å². The van der Waals surface area contributed by atoms with Crippen LogP contribution in [0.1, 0.15) is 23.3 Å². The van der Waals surface area contributed by atoms with Crippen molar-refractivity contribution in [3.05, 3.63) is 41.8 Å². The molecule has 110 valence electrons. The molecule has 0 bridgehead atoms. The molecule has 0 radical (unpaired) electrons. The molecule has 0 aliphatic carbocycles. The van der Waals surface area contributed by atoms with Gasteiger partial charge in [-0.1, -0.05) is 0 Å². The maximum Gasteiger partial charge on any atom is 0.272 e. The lowest BCUT2D eigenvalue weighted by atomic mass is 10.1. The zero-order chi connectivity index (χ0) is 14.8. The van der Waals surface area contributed by atoms with Gasteiger partial charge in [-0.05, 0) is 43.2 Å². The van der Waals surface area contributed by atoms with Crippen LogP contribution >= 0.6 is 0 Å². The van der Waals surface area contributed by atoms with Crippen molar-refractivity contribution in [3.8, 4) is 11.3 Å². The summed E-state index contributed by atoms with van der Waals surface area (Å²) in [4.78, 5) is 14.1. The summed E-state index contributed by atoms with van der Waals surface area (Å²) in [5, 5.41) is 16.1. The molecule has 2 aromatic rings. The first-order chi connectivity index (χ1) is 10.2. The van der Waals surface area contributed by atoms with Gasteiger partial charge >= 0.3 is 0 Å². The zero-order valence-corrected chi connectivity index (χ0v) is 11.4. The van der Waals surface area contributed by atoms with Gasteiger partial charge in [0.25, 0.3) is 5.91 Å². The van der Waals surface area contributed by atoms with Crippen molar-refractivity contribution in [2.75, 3.05) is 13.2 Å². The van der Waals surface area contributed by atoms with Crippen molar-refractivity contribution >= 4 is 5.91 Å². The smallest absolute Gasteiger partial charge is 0.272 e. The van der Waals surface area contributed by atoms with E-state index < -0.39 is 0 Å². The molecule has 1 aromatic heterocycles. The number of carbonyl (C=O) groups is 1. The molecular formula is C15H16FN3O2. The van der Waals surface area contributed by atoms with Crippen LogP contribution in [0, 0.1) is 5.82 Å². The number of nitrogens with zero attached hydrogens (tertiary/aromatic N) is 2. The first-order valence-corrected chi connectivity index (χ1v) is 6.92. The minimum Gasteiger partial charge on any atom is -0.394 e. The fourth-order valence-corrected chi connectivity index (χ4v) is 2.65. The van der Waals surface area contributed by atoms with Crippen LogP contribution < -0.4 is 0 Å². The monoisotopic (exact) mass is 289 g/mol. The molecule has 5 nitrogen and oxygen atoms in total. The van der Waals surface area contributed by atoms with Crippen LogP contribution in [0.2, 0.25) is 0 Å². The van der Waals surface area contributed by atoms with Crippen molar-refractivity contribution < 1.29 is 14.3 Å². The predicted octanol–water partition coefficient (Wildman–Crippen LogP) is 1.81. The first-order valence-electron chi connectivity index (χ1n) is 6.92. The molecule has 0 unspecified atom stereocenters. The lowest BCUT2D eigenvalue weighted by molar-refractivity contribution is 0.0671. The summed E-state index contributed by atoms with van der Waals surface area (Å²) in [6.07, 6.45) is 1.72. The molecule has 1 amide bonds. The molecule has 1 saturated heterocycles. The Morgan fingerprint density at radius 3 is 2.90 bits per heavy atom. The minimum atomic E-state index is -0.312. The van der Waals surface area contributed by atoms with Crippen molar-refractivity contribution in [1.29, 1.82) is 0 Å². The molecule has 3 rings (SSSR count). The van der Waals surface area contributed by atoms with Crippen LogP contribution in [0.3, 0.4) is 0 Å². The van der Waals surface area contributed by atoms with Gasteiger partial charge in [0.2, 0.25) is 0 Å². The van der Waals surface area contributed by atoms with E-state index in [0.29, 0.717) is 17.9 Å². The SMILES string of the molecule is O=C(c1cc(-c2ccc(F)cc2)n[nH]1)N1CCC[C@@H]1CO. The van der Waals surface area contributed by atoms with Gasteiger partial charge < -0.3 is 10.0 Å². The van der Waals surface area contributed by atoms with Gasteiger partial charge in [0.15, 0.2) is 0 Å². The molecular weight excluding hydrogens is 273 g/mol. The third-order valence-electron chi connectivity index (χ3n) is 3.80. The fraction of sp³-hybridized carbons (Fsp3) is 0.333. The normalized spacial score (nSPS) is 18.2. The van der Waals surface area contributed by atoms with Crippen molar-refractivity contribution in [2.45, 2.75) is 18.9 Å². The summed E-state index contributed by atoms with van der Waals surface area (Å²) in [6, 6.07) is 7.48. The van der Waals surface area contributed by atoms with Crippen LogP contribution in [0.15, 0.2) is 30.3 Å². The van der Waals surface area contributed by atoms with Gasteiger partial charge in [-0.25, -0.2) is 4.39 Å². The highest BCUT2D eigenvalue weighted by molar-refractivity contribution is 5.93. The number of aliphatic hydroxyl groups excluding tert-OH is 1. The Bertz CT molecular complexity index is 639. The zero-order valence-electron chi connectivity index (χ0n) is 11.4. The van der Waals surface area contributed by atoms with Gasteiger partial charge in [0.1, 0.15) is 11.5 Å². The average molecular weight is 289 g/mol. The number of aromatic nitrogens is 2. The molecule has 1 atom stereocenters. The van der Waals surface area contributed by atoms with E-state index in [2.05, 4.69) is 10.2 Å². The Balaban J connectivity index is 1.81. The lowest BCUT2D eigenvalue weighted by Gasteiger charge is -2.21. The number of aromatic amines is 1. The highest BCUT2D eigenvalue weighted by Crippen LogP contribution is 2.22. The lowest BCUT2D eigenvalue weighted by Crippen LogP contribution is -2.37. The Hall–Kier alpha value is -2.21. The number of halogens is 1. The maximum absolute atomic E-state index is 12.9. The molecule has 6 heteroatoms. The van der Waals surface area contributed by atoms with E-state index in [1.54, 1.807) is 23.1 Å². The second-order valence-electron chi connectivity index (χ2n) is 5.15. The van der Waals surface area contributed by atoms with E-state index in [1.165, 1.54) is 12.1 Å². The topological polar surface area (TPSA) is 69.2 Å². The largest absolute Gasteiger partial charge is 0.394 e. The summed E-state index contributed by atoms with van der Waals surface area (Å²) in [6.45, 7) is 0.625. The van der Waals surface area contributed by atoms with E-state index in [1.807, 2.05) is 0 Å². The number of rotatable bonds is 3. The molecule has 21 heavy (non-hydrogen) atoms. The summed E-state index contributed by atoms with van der Waals surface area (Å²) in [7, 11) is 0. The van der Waals surface area contributed by atoms with E-state index in [9.17, 15) is 14.3 Å². The highest BCUT2D eigenvalue weighted by atomic mass is 19.1. The number of benzene rings is 1. The summed E-state index contributed by atoms with van der Waals surface area (Å²) >= 11 is 0. The third kappa shape index (κ3) is 2.67. The van der Waals surface area contributed by atoms with Crippen LogP contribution in [-0.4, -0.2) is 45.3 Å². The Kier molecular flexibility index (Phi) is 3.70. The molecule has 1 aliphatic heterocycles. The number of nitrogens with one attached hydrogen (secondary N) is 1. The van der Waals surface area contributed by atoms with Crippen LogP contribution in [-0.2, 0) is 0 Å². The fourth-order valence-electron chi connectivity index (χ4n) is 2.65. The van der Waals surface area contributed by atoms with E-state index in [-0.39, 0.29) is 24.4 Å². The minimum absolute atomic E-state index is 0.0231. The molecule has 1 aliphatic rings. The van der Waals surface area contributed by atoms with Crippen molar-refractivity contribution in [1.82, 2.24) is 15.1 Å². The highest BCUT2D eigenvalue weighted by Gasteiger charge is 2.29. The Morgan fingerprint density at radius 1 is 1.43 bits per heavy atom. The Morgan fingerprint density at radius 2 is 2.19 bits per heavy atom. The second kappa shape index (κ2) is 5.65. The summed E-state index contributed by atoms with van der Waals surface area (Å²) < 4.78 is 12.9. The number of amides is 1. The van der Waals surface area contributed by atoms with Gasteiger partial charge in [-0.2, -0.15) is 5.10 Å². The molecule has 0 saturated carbocycles. The van der Waals surface area contributed by atoms with Crippen molar-refractivity contribution in [3.63, 3.8) is 0 Å². The van der Waals surface area contributed by atoms with Crippen LogP contribution in [0.4, 0.5) is 4.39 Å². The van der Waals surface area contributed by atoms with Gasteiger partial charge in [-0.3, -0.25) is 9.89 Å². The van der Waals surface area contributed by atoms with Crippen molar-refractivity contribution in [2.24, 2.45) is 0 Å². The quantitative estimate of drug-likeness (QED) is 0.905. The molecule has 0 spiro atoms. The third-order valence-corrected chi connectivity index (χ3v) is 3.80. The number of aliphatic hydroxyl groups is 1. The second-order valence-corrected chi connectivity index (χ2v) is 5.15. The number of carbonyl (C=O) groups excluding carboxylic acids is 1. The van der Waals surface area contributed by atoms with Crippen LogP contribution in [0.5, 0.6) is 0 Å². The number of H-pyrrole nitrogens is 1. The maximum atomic E-state index is 12.9. The Labute approximate surface area is 121 Å². The molecule has 2 N–H and O–H groups in total. The average Bonchev–Trinajstić information content (AvgIpc) is 3.16. The summed E-state index contributed by atoms with van der Waals surface area (Å²) in [5.74, 6) is -0.471.